The number of imidazole rings is 1. The summed E-state index contributed by atoms with van der Waals surface area (Å²) >= 11 is 5.81. The minimum absolute atomic E-state index is 0.0253. The summed E-state index contributed by atoms with van der Waals surface area (Å²) in [5.74, 6) is -2.00. The second-order valence-electron chi connectivity index (χ2n) is 11.6. The Kier molecular flexibility index (Phi) is 7.86. The van der Waals surface area contributed by atoms with Crippen LogP contribution in [0.2, 0.25) is 5.02 Å². The van der Waals surface area contributed by atoms with Crippen molar-refractivity contribution in [2.24, 2.45) is 5.41 Å². The molecule has 0 saturated carbocycles. The molecule has 0 aliphatic carbocycles. The highest BCUT2D eigenvalue weighted by atomic mass is 35.5. The Morgan fingerprint density at radius 3 is 2.55 bits per heavy atom. The van der Waals surface area contributed by atoms with Gasteiger partial charge in [-0.05, 0) is 65.7 Å². The van der Waals surface area contributed by atoms with E-state index in [-0.39, 0.29) is 46.2 Å². The summed E-state index contributed by atoms with van der Waals surface area (Å²) in [4.78, 5) is 16.4. The molecule has 1 saturated heterocycles. The van der Waals surface area contributed by atoms with E-state index in [0.29, 0.717) is 46.9 Å². The number of rotatable bonds is 8. The average Bonchev–Trinajstić information content (AvgIpc) is 3.51. The Hall–Kier alpha value is -4.34. The molecule has 1 aromatic heterocycles. The molecule has 6 rings (SSSR count). The molecular formula is C34H28ClF3N2O4. The Morgan fingerprint density at radius 2 is 1.82 bits per heavy atom. The number of halogens is 4. The van der Waals surface area contributed by atoms with Crippen molar-refractivity contribution in [2.45, 2.75) is 32.9 Å². The molecule has 2 heterocycles. The molecule has 226 valence electrons. The van der Waals surface area contributed by atoms with Gasteiger partial charge in [0.25, 0.3) is 0 Å². The second kappa shape index (κ2) is 11.6. The maximum Gasteiger partial charge on any atom is 0.335 e. The molecule has 0 spiro atoms. The van der Waals surface area contributed by atoms with Crippen LogP contribution < -0.4 is 4.74 Å². The number of nitrogens with zero attached hydrogens (tertiary/aromatic N) is 2. The van der Waals surface area contributed by atoms with Gasteiger partial charge in [-0.25, -0.2) is 22.9 Å². The minimum Gasteiger partial charge on any atom is -0.489 e. The van der Waals surface area contributed by atoms with Gasteiger partial charge in [-0.15, -0.1) is 0 Å². The van der Waals surface area contributed by atoms with Crippen molar-refractivity contribution in [3.63, 3.8) is 0 Å². The zero-order chi connectivity index (χ0) is 31.2. The lowest BCUT2D eigenvalue weighted by Gasteiger charge is -2.28. The number of hydrogen-bond acceptors (Lipinski definition) is 4. The molecule has 6 nitrogen and oxygen atoms in total. The zero-order valence-electron chi connectivity index (χ0n) is 23.9. The topological polar surface area (TPSA) is 73.6 Å². The summed E-state index contributed by atoms with van der Waals surface area (Å²) in [6, 6.07) is 17.5. The average molecular weight is 621 g/mol. The first-order valence-electron chi connectivity index (χ1n) is 14.0. The normalized spacial score (nSPS) is 16.0. The Balaban J connectivity index is 1.31. The van der Waals surface area contributed by atoms with Gasteiger partial charge < -0.3 is 19.1 Å². The number of benzene rings is 4. The maximum atomic E-state index is 15.6. The van der Waals surface area contributed by atoms with Crippen molar-refractivity contribution in [1.82, 2.24) is 9.55 Å². The molecule has 1 atom stereocenters. The van der Waals surface area contributed by atoms with Gasteiger partial charge in [0.2, 0.25) is 0 Å². The van der Waals surface area contributed by atoms with Crippen LogP contribution in [0.3, 0.4) is 0 Å². The number of carbonyl (C=O) groups is 1. The van der Waals surface area contributed by atoms with Crippen LogP contribution in [0.1, 0.15) is 47.2 Å². The summed E-state index contributed by atoms with van der Waals surface area (Å²) in [5.41, 5.74) is 1.79. The third-order valence-electron chi connectivity index (χ3n) is 8.01. The predicted octanol–water partition coefficient (Wildman–Crippen LogP) is 8.24. The highest BCUT2D eigenvalue weighted by Crippen LogP contribution is 2.41. The molecule has 10 heteroatoms. The third kappa shape index (κ3) is 5.77. The number of carboxylic acid groups (broad SMARTS) is 1. The first kappa shape index (κ1) is 29.7. The molecule has 5 aromatic rings. The van der Waals surface area contributed by atoms with Crippen molar-refractivity contribution in [3.8, 4) is 16.9 Å². The maximum absolute atomic E-state index is 15.6. The van der Waals surface area contributed by atoms with E-state index in [9.17, 15) is 14.3 Å². The fraction of sp³-hybridized carbons (Fsp3) is 0.235. The first-order chi connectivity index (χ1) is 21.0. The smallest absolute Gasteiger partial charge is 0.335 e. The fourth-order valence-corrected chi connectivity index (χ4v) is 5.75. The lowest BCUT2D eigenvalue weighted by Crippen LogP contribution is -2.27. The molecular weight excluding hydrogens is 593 g/mol. The summed E-state index contributed by atoms with van der Waals surface area (Å²) in [6.45, 7) is 4.88. The van der Waals surface area contributed by atoms with Crippen molar-refractivity contribution in [1.29, 1.82) is 0 Å². The van der Waals surface area contributed by atoms with E-state index in [4.69, 9.17) is 26.1 Å². The van der Waals surface area contributed by atoms with Gasteiger partial charge in [0.15, 0.2) is 0 Å². The van der Waals surface area contributed by atoms with E-state index in [0.717, 1.165) is 12.1 Å². The van der Waals surface area contributed by atoms with Crippen LogP contribution in [0, 0.1) is 22.9 Å². The van der Waals surface area contributed by atoms with Crippen LogP contribution in [-0.4, -0.2) is 33.8 Å². The van der Waals surface area contributed by atoms with Gasteiger partial charge in [0.1, 0.15) is 35.6 Å². The number of ether oxygens (including phenoxy) is 2. The number of fused-ring (bicyclic) bond motifs is 1. The van der Waals surface area contributed by atoms with Crippen LogP contribution in [0.15, 0.2) is 72.8 Å². The van der Waals surface area contributed by atoms with Gasteiger partial charge in [0.05, 0.1) is 35.9 Å². The van der Waals surface area contributed by atoms with Crippen molar-refractivity contribution >= 4 is 28.6 Å². The van der Waals surface area contributed by atoms with E-state index >= 15 is 8.78 Å². The standard InChI is InChI=1S/C34H28ClF3N2O4/c1-34(2)18-43-17-31(34)40-30-12-20(33(41)42)7-9-29(30)39-32(40)13-22-11-28(38)25(15-27(22)37)19-4-3-5-24(10-19)44-16-21-6-8-23(35)14-26(21)36/h3-12,14-15,31H,13,16-18H2,1-2H3,(H,41,42). The monoisotopic (exact) mass is 620 g/mol. The van der Waals surface area contributed by atoms with Gasteiger partial charge in [-0.3, -0.25) is 0 Å². The zero-order valence-corrected chi connectivity index (χ0v) is 24.7. The molecule has 0 bridgehead atoms. The molecule has 0 amide bonds. The number of aromatic carboxylic acids is 1. The van der Waals surface area contributed by atoms with Crippen molar-refractivity contribution in [3.05, 3.63) is 118 Å². The number of carboxylic acids is 1. The van der Waals surface area contributed by atoms with Crippen LogP contribution in [0.4, 0.5) is 13.2 Å². The number of aromatic nitrogens is 2. The second-order valence-corrected chi connectivity index (χ2v) is 12.0. The molecule has 1 N–H and O–H groups in total. The van der Waals surface area contributed by atoms with E-state index in [1.807, 2.05) is 18.4 Å². The van der Waals surface area contributed by atoms with Gasteiger partial charge in [-0.2, -0.15) is 0 Å². The minimum atomic E-state index is -1.07. The lowest BCUT2D eigenvalue weighted by atomic mass is 9.87. The van der Waals surface area contributed by atoms with Crippen molar-refractivity contribution in [2.75, 3.05) is 13.2 Å². The van der Waals surface area contributed by atoms with E-state index in [2.05, 4.69) is 0 Å². The van der Waals surface area contributed by atoms with E-state index < -0.39 is 23.4 Å². The third-order valence-corrected chi connectivity index (χ3v) is 8.25. The van der Waals surface area contributed by atoms with Crippen LogP contribution in [0.25, 0.3) is 22.2 Å². The molecule has 1 aliphatic rings. The molecule has 4 aromatic carbocycles. The highest BCUT2D eigenvalue weighted by molar-refractivity contribution is 6.30. The fourth-order valence-electron chi connectivity index (χ4n) is 5.60. The summed E-state index contributed by atoms with van der Waals surface area (Å²) < 4.78 is 58.8. The molecule has 44 heavy (non-hydrogen) atoms. The molecule has 1 aliphatic heterocycles. The molecule has 1 unspecified atom stereocenters. The van der Waals surface area contributed by atoms with Gasteiger partial charge in [0, 0.05) is 28.0 Å². The van der Waals surface area contributed by atoms with Gasteiger partial charge >= 0.3 is 5.97 Å². The van der Waals surface area contributed by atoms with Crippen LogP contribution >= 0.6 is 11.6 Å². The SMILES string of the molecule is CC1(C)COCC1n1c(Cc2cc(F)c(-c3cccc(OCc4ccc(Cl)cc4F)c3)cc2F)nc2ccc(C(=O)O)cc21. The summed E-state index contributed by atoms with van der Waals surface area (Å²) in [6.07, 6.45) is -0.0253. The quantitative estimate of drug-likeness (QED) is 0.189. The highest BCUT2D eigenvalue weighted by Gasteiger charge is 2.39. The Labute approximate surface area is 256 Å². The van der Waals surface area contributed by atoms with E-state index in [1.165, 1.54) is 18.2 Å². The molecule has 0 radical (unpaired) electrons. The largest absolute Gasteiger partial charge is 0.489 e. The van der Waals surface area contributed by atoms with Crippen LogP contribution in [-0.2, 0) is 17.8 Å². The van der Waals surface area contributed by atoms with Gasteiger partial charge in [-0.1, -0.05) is 43.6 Å². The number of hydrogen-bond donors (Lipinski definition) is 1. The summed E-state index contributed by atoms with van der Waals surface area (Å²) in [7, 11) is 0. The Morgan fingerprint density at radius 1 is 1.02 bits per heavy atom. The molecule has 1 fully saturated rings. The lowest BCUT2D eigenvalue weighted by molar-refractivity contribution is 0.0697. The van der Waals surface area contributed by atoms with Crippen LogP contribution in [0.5, 0.6) is 5.75 Å². The Bertz CT molecular complexity index is 1910. The summed E-state index contributed by atoms with van der Waals surface area (Å²) in [5, 5.41) is 9.85. The van der Waals surface area contributed by atoms with Crippen molar-refractivity contribution < 1.29 is 32.5 Å². The van der Waals surface area contributed by atoms with E-state index in [1.54, 1.807) is 42.5 Å². The predicted molar refractivity (Wildman–Crippen MR) is 161 cm³/mol. The first-order valence-corrected chi connectivity index (χ1v) is 14.3.